The van der Waals surface area contributed by atoms with Gasteiger partial charge in [0.1, 0.15) is 0 Å². The second kappa shape index (κ2) is 8.92. The third-order valence-corrected chi connectivity index (χ3v) is 9.57. The van der Waals surface area contributed by atoms with E-state index in [9.17, 15) is 0 Å². The van der Waals surface area contributed by atoms with Crippen molar-refractivity contribution in [2.45, 2.75) is 0 Å². The molecule has 0 aliphatic heterocycles. The first-order valence-corrected chi connectivity index (χ1v) is 10.9. The van der Waals surface area contributed by atoms with Crippen LogP contribution in [-0.2, 0) is 4.74 Å². The summed E-state index contributed by atoms with van der Waals surface area (Å²) in [4.78, 5) is 0. The first-order chi connectivity index (χ1) is 12.4. The summed E-state index contributed by atoms with van der Waals surface area (Å²) in [5.74, 6) is 0. The van der Waals surface area contributed by atoms with Gasteiger partial charge in [-0.15, -0.1) is 0 Å². The van der Waals surface area contributed by atoms with Crippen molar-refractivity contribution < 1.29 is 9.84 Å². The average Bonchev–Trinajstić information content (AvgIpc) is 2.70. The van der Waals surface area contributed by atoms with Crippen molar-refractivity contribution in [1.29, 1.82) is 0 Å². The van der Waals surface area contributed by atoms with Gasteiger partial charge in [0.25, 0.3) is 0 Å². The molecule has 0 amide bonds. The van der Waals surface area contributed by atoms with Gasteiger partial charge in [-0.2, -0.15) is 0 Å². The summed E-state index contributed by atoms with van der Waals surface area (Å²) in [5, 5.41) is 13.2. The fraction of sp³-hybridized carbons (Fsp3) is 0.182. The van der Waals surface area contributed by atoms with Crippen LogP contribution in [0.4, 0.5) is 0 Å². The average molecular weight is 352 g/mol. The molecule has 0 saturated heterocycles. The van der Waals surface area contributed by atoms with Gasteiger partial charge >= 0.3 is 150 Å². The van der Waals surface area contributed by atoms with E-state index in [1.165, 1.54) is 15.9 Å². The molecule has 0 spiro atoms. The number of benzene rings is 3. The van der Waals surface area contributed by atoms with E-state index in [1.807, 2.05) is 0 Å². The van der Waals surface area contributed by atoms with Crippen molar-refractivity contribution in [1.82, 2.24) is 0 Å². The predicted octanol–water partition coefficient (Wildman–Crippen LogP) is 2.72. The molecule has 1 N–H and O–H groups in total. The van der Waals surface area contributed by atoms with Crippen LogP contribution >= 0.6 is 7.26 Å². The Labute approximate surface area is 150 Å². The number of ether oxygens (including phenoxy) is 1. The molecule has 0 radical (unpaired) electrons. The molecule has 0 bridgehead atoms. The van der Waals surface area contributed by atoms with Gasteiger partial charge in [0.15, 0.2) is 0 Å². The quantitative estimate of drug-likeness (QED) is 0.499. The molecule has 2 nitrogen and oxygen atoms in total. The number of hydrogen-bond acceptors (Lipinski definition) is 2. The summed E-state index contributed by atoms with van der Waals surface area (Å²) < 4.78 is 5.69. The van der Waals surface area contributed by atoms with E-state index >= 15 is 0 Å². The van der Waals surface area contributed by atoms with Crippen LogP contribution in [0.2, 0.25) is 0 Å². The maximum absolute atomic E-state index is 9.03. The summed E-state index contributed by atoms with van der Waals surface area (Å²) in [5.41, 5.74) is 0. The van der Waals surface area contributed by atoms with Gasteiger partial charge < -0.3 is 0 Å². The Morgan fingerprint density at radius 2 is 1.00 bits per heavy atom. The summed E-state index contributed by atoms with van der Waals surface area (Å²) in [6.07, 6.45) is 0.949. The molecule has 0 aliphatic rings. The molecular formula is C22H25O2P. The Morgan fingerprint density at radius 1 is 0.600 bits per heavy atom. The van der Waals surface area contributed by atoms with Gasteiger partial charge in [-0.3, -0.25) is 0 Å². The summed E-state index contributed by atoms with van der Waals surface area (Å²) in [6, 6.07) is 32.4. The van der Waals surface area contributed by atoms with Crippen molar-refractivity contribution in [3.8, 4) is 0 Å². The second-order valence-corrected chi connectivity index (χ2v) is 10.1. The molecule has 3 rings (SSSR count). The van der Waals surface area contributed by atoms with Crippen LogP contribution in [0, 0.1) is 0 Å². The van der Waals surface area contributed by atoms with Gasteiger partial charge in [-0.1, -0.05) is 0 Å². The van der Waals surface area contributed by atoms with E-state index < -0.39 is 7.26 Å². The second-order valence-electron chi connectivity index (χ2n) is 6.09. The Hall–Kier alpha value is -1.99. The normalized spacial score (nSPS) is 12.0. The summed E-state index contributed by atoms with van der Waals surface area (Å²) in [7, 11) is -2.18. The number of aliphatic hydroxyl groups is 1. The molecule has 0 saturated carbocycles. The van der Waals surface area contributed by atoms with E-state index in [2.05, 4.69) is 91.0 Å². The Morgan fingerprint density at radius 3 is 1.36 bits per heavy atom. The van der Waals surface area contributed by atoms with Crippen LogP contribution in [0.15, 0.2) is 91.0 Å². The van der Waals surface area contributed by atoms with E-state index in [-0.39, 0.29) is 6.61 Å². The van der Waals surface area contributed by atoms with E-state index in [0.717, 1.165) is 6.16 Å². The van der Waals surface area contributed by atoms with Gasteiger partial charge in [0.05, 0.1) is 0 Å². The number of rotatable bonds is 8. The van der Waals surface area contributed by atoms with Crippen molar-refractivity contribution in [2.75, 3.05) is 26.0 Å². The third-order valence-electron chi connectivity index (χ3n) is 4.66. The molecule has 130 valence electrons. The molecule has 0 aliphatic carbocycles. The predicted molar refractivity (Wildman–Crippen MR) is 109 cm³/mol. The molecule has 0 unspecified atom stereocenters. The Balaban J connectivity index is 2.13. The molecule has 3 aromatic carbocycles. The maximum atomic E-state index is 9.03. The van der Waals surface area contributed by atoms with E-state index in [0.29, 0.717) is 13.2 Å². The number of hydrogen-bond donors (Lipinski definition) is 1. The van der Waals surface area contributed by atoms with Crippen molar-refractivity contribution in [2.24, 2.45) is 0 Å². The standard InChI is InChI=1S/C22H25O2P/c23-16-17-24-18-19-25(20-10-4-1-5-11-20,21-12-6-2-7-13-21)22-14-8-3-9-15-22/h1-15,23,25H,16-19H2. The van der Waals surface area contributed by atoms with Crippen molar-refractivity contribution >= 4 is 23.2 Å². The molecule has 0 atom stereocenters. The van der Waals surface area contributed by atoms with E-state index in [4.69, 9.17) is 9.84 Å². The molecular weight excluding hydrogens is 327 g/mol. The van der Waals surface area contributed by atoms with Crippen molar-refractivity contribution in [3.63, 3.8) is 0 Å². The Bertz CT molecular complexity index is 648. The monoisotopic (exact) mass is 352 g/mol. The fourth-order valence-electron chi connectivity index (χ4n) is 3.49. The van der Waals surface area contributed by atoms with Crippen LogP contribution in [0.3, 0.4) is 0 Å². The zero-order valence-corrected chi connectivity index (χ0v) is 15.3. The molecule has 0 fully saturated rings. The summed E-state index contributed by atoms with van der Waals surface area (Å²) in [6.45, 7) is 1.10. The molecule has 3 heteroatoms. The van der Waals surface area contributed by atoms with Crippen LogP contribution in [-0.4, -0.2) is 31.1 Å². The van der Waals surface area contributed by atoms with Crippen LogP contribution < -0.4 is 15.9 Å². The zero-order chi connectivity index (χ0) is 17.4. The van der Waals surface area contributed by atoms with Crippen LogP contribution in [0.1, 0.15) is 0 Å². The topological polar surface area (TPSA) is 29.5 Å². The van der Waals surface area contributed by atoms with E-state index in [1.54, 1.807) is 0 Å². The molecule has 0 heterocycles. The Kier molecular flexibility index (Phi) is 6.36. The first kappa shape index (κ1) is 17.8. The minimum absolute atomic E-state index is 0.0660. The molecule has 0 aromatic heterocycles. The minimum atomic E-state index is -2.18. The third kappa shape index (κ3) is 3.99. The van der Waals surface area contributed by atoms with Gasteiger partial charge in [-0.05, 0) is 0 Å². The SMILES string of the molecule is OCCOCC[PH](c1ccccc1)(c1ccccc1)c1ccccc1. The van der Waals surface area contributed by atoms with Gasteiger partial charge in [0.2, 0.25) is 0 Å². The fourth-order valence-corrected chi connectivity index (χ4v) is 8.09. The zero-order valence-electron chi connectivity index (χ0n) is 14.3. The van der Waals surface area contributed by atoms with Gasteiger partial charge in [0, 0.05) is 0 Å². The molecule has 3 aromatic rings. The first-order valence-electron chi connectivity index (χ1n) is 8.73. The molecule has 25 heavy (non-hydrogen) atoms. The number of aliphatic hydroxyl groups excluding tert-OH is 1. The van der Waals surface area contributed by atoms with Crippen LogP contribution in [0.25, 0.3) is 0 Å². The van der Waals surface area contributed by atoms with Gasteiger partial charge in [-0.25, -0.2) is 0 Å². The summed E-state index contributed by atoms with van der Waals surface area (Å²) >= 11 is 0. The van der Waals surface area contributed by atoms with Crippen LogP contribution in [0.5, 0.6) is 0 Å². The van der Waals surface area contributed by atoms with Crippen molar-refractivity contribution in [3.05, 3.63) is 91.0 Å².